The molecule has 0 saturated heterocycles. The van der Waals surface area contributed by atoms with Gasteiger partial charge < -0.3 is 4.90 Å². The van der Waals surface area contributed by atoms with E-state index in [2.05, 4.69) is 4.72 Å². The Morgan fingerprint density at radius 1 is 1.08 bits per heavy atom. The minimum atomic E-state index is -3.58. The van der Waals surface area contributed by atoms with Gasteiger partial charge in [-0.1, -0.05) is 48.0 Å². The van der Waals surface area contributed by atoms with Crippen LogP contribution in [0.25, 0.3) is 0 Å². The number of nitrogens with one attached hydrogen (secondary N) is 1. The van der Waals surface area contributed by atoms with E-state index in [1.807, 2.05) is 18.2 Å². The van der Waals surface area contributed by atoms with Gasteiger partial charge in [0.15, 0.2) is 0 Å². The molecule has 0 aliphatic heterocycles. The zero-order chi connectivity index (χ0) is 17.6. The van der Waals surface area contributed by atoms with Crippen molar-refractivity contribution in [2.45, 2.75) is 18.4 Å². The van der Waals surface area contributed by atoms with Gasteiger partial charge in [-0.15, -0.1) is 0 Å². The molecule has 1 N–H and O–H groups in total. The molecule has 5 nitrogen and oxygen atoms in total. The number of hydrogen-bond donors (Lipinski definition) is 1. The molecular weight excluding hydrogens is 348 g/mol. The van der Waals surface area contributed by atoms with Crippen LogP contribution < -0.4 is 4.72 Å². The summed E-state index contributed by atoms with van der Waals surface area (Å²) in [4.78, 5) is 13.5. The third-order valence-corrected chi connectivity index (χ3v) is 5.34. The largest absolute Gasteiger partial charge is 0.337 e. The number of carbonyl (C=O) groups is 1. The van der Waals surface area contributed by atoms with E-state index in [0.29, 0.717) is 11.6 Å². The highest BCUT2D eigenvalue weighted by Crippen LogP contribution is 2.17. The first-order chi connectivity index (χ1) is 11.4. The van der Waals surface area contributed by atoms with Gasteiger partial charge in [0.2, 0.25) is 15.9 Å². The SMILES string of the molecule is CC(=O)N(CCNS(=O)(=O)c1ccccc1)Cc1ccccc1Cl. The van der Waals surface area contributed by atoms with Crippen LogP contribution in [0.3, 0.4) is 0 Å². The maximum Gasteiger partial charge on any atom is 0.240 e. The summed E-state index contributed by atoms with van der Waals surface area (Å²) in [6.07, 6.45) is 0. The molecule has 0 saturated carbocycles. The molecule has 0 spiro atoms. The molecular formula is C17H19ClN2O3S. The molecule has 24 heavy (non-hydrogen) atoms. The molecule has 0 heterocycles. The molecule has 0 aliphatic carbocycles. The molecule has 0 unspecified atom stereocenters. The molecule has 128 valence electrons. The van der Waals surface area contributed by atoms with Gasteiger partial charge in [-0.25, -0.2) is 13.1 Å². The Kier molecular flexibility index (Phi) is 6.36. The second-order valence-corrected chi connectivity index (χ2v) is 7.42. The second kappa shape index (κ2) is 8.28. The van der Waals surface area contributed by atoms with Gasteiger partial charge in [0.25, 0.3) is 0 Å². The Labute approximate surface area is 147 Å². The highest BCUT2D eigenvalue weighted by atomic mass is 35.5. The molecule has 2 aromatic carbocycles. The summed E-state index contributed by atoms with van der Waals surface area (Å²) in [7, 11) is -3.58. The Morgan fingerprint density at radius 3 is 2.33 bits per heavy atom. The second-order valence-electron chi connectivity index (χ2n) is 5.24. The van der Waals surface area contributed by atoms with E-state index >= 15 is 0 Å². The summed E-state index contributed by atoms with van der Waals surface area (Å²) in [5, 5.41) is 0.577. The van der Waals surface area contributed by atoms with E-state index in [1.165, 1.54) is 19.1 Å². The summed E-state index contributed by atoms with van der Waals surface area (Å²) in [5.74, 6) is -0.145. The predicted octanol–water partition coefficient (Wildman–Crippen LogP) is 2.67. The van der Waals surface area contributed by atoms with Crippen molar-refractivity contribution in [2.24, 2.45) is 0 Å². The van der Waals surface area contributed by atoms with Gasteiger partial charge in [0.05, 0.1) is 4.90 Å². The summed E-state index contributed by atoms with van der Waals surface area (Å²) >= 11 is 6.11. The zero-order valence-corrected chi connectivity index (χ0v) is 14.8. The standard InChI is InChI=1S/C17H19ClN2O3S/c1-14(21)20(13-15-7-5-6-10-17(15)18)12-11-19-24(22,23)16-8-3-2-4-9-16/h2-10,19H,11-13H2,1H3. The van der Waals surface area contributed by atoms with Crippen LogP contribution in [0.1, 0.15) is 12.5 Å². The number of benzene rings is 2. The first kappa shape index (κ1) is 18.4. The van der Waals surface area contributed by atoms with E-state index in [9.17, 15) is 13.2 Å². The normalized spacial score (nSPS) is 11.2. The zero-order valence-electron chi connectivity index (χ0n) is 13.3. The third-order valence-electron chi connectivity index (χ3n) is 3.49. The van der Waals surface area contributed by atoms with E-state index in [0.717, 1.165) is 5.56 Å². The third kappa shape index (κ3) is 5.06. The Bertz CT molecular complexity index is 794. The lowest BCUT2D eigenvalue weighted by Crippen LogP contribution is -2.37. The van der Waals surface area contributed by atoms with Crippen LogP contribution >= 0.6 is 11.6 Å². The highest BCUT2D eigenvalue weighted by Gasteiger charge is 2.15. The molecule has 2 aromatic rings. The Morgan fingerprint density at radius 2 is 1.71 bits per heavy atom. The van der Waals surface area contributed by atoms with Gasteiger partial charge in [-0.05, 0) is 23.8 Å². The van der Waals surface area contributed by atoms with Crippen molar-refractivity contribution >= 4 is 27.5 Å². The Hall–Kier alpha value is -1.89. The summed E-state index contributed by atoms with van der Waals surface area (Å²) in [6.45, 7) is 2.17. The van der Waals surface area contributed by atoms with Crippen LogP contribution in [0.2, 0.25) is 5.02 Å². The average molecular weight is 367 g/mol. The van der Waals surface area contributed by atoms with Crippen LogP contribution in [-0.4, -0.2) is 32.3 Å². The quantitative estimate of drug-likeness (QED) is 0.819. The molecule has 2 rings (SSSR count). The van der Waals surface area contributed by atoms with Gasteiger partial charge >= 0.3 is 0 Å². The van der Waals surface area contributed by atoms with Crippen LogP contribution in [0.4, 0.5) is 0 Å². The van der Waals surface area contributed by atoms with Crippen molar-refractivity contribution in [2.75, 3.05) is 13.1 Å². The van der Waals surface area contributed by atoms with Gasteiger partial charge in [0.1, 0.15) is 0 Å². The number of halogens is 1. The number of nitrogens with zero attached hydrogens (tertiary/aromatic N) is 1. The fourth-order valence-electron chi connectivity index (χ4n) is 2.18. The van der Waals surface area contributed by atoms with Crippen molar-refractivity contribution in [1.29, 1.82) is 0 Å². The van der Waals surface area contributed by atoms with Crippen molar-refractivity contribution in [3.8, 4) is 0 Å². The number of sulfonamides is 1. The van der Waals surface area contributed by atoms with Crippen LogP contribution in [0.15, 0.2) is 59.5 Å². The van der Waals surface area contributed by atoms with E-state index in [1.54, 1.807) is 29.2 Å². The van der Waals surface area contributed by atoms with E-state index in [-0.39, 0.29) is 23.9 Å². The maximum atomic E-state index is 12.2. The first-order valence-electron chi connectivity index (χ1n) is 7.44. The molecule has 0 aliphatic rings. The Balaban J connectivity index is 1.97. The van der Waals surface area contributed by atoms with Gasteiger partial charge in [-0.3, -0.25) is 4.79 Å². The van der Waals surface area contributed by atoms with Crippen molar-refractivity contribution in [3.05, 3.63) is 65.2 Å². The lowest BCUT2D eigenvalue weighted by Gasteiger charge is -2.22. The highest BCUT2D eigenvalue weighted by molar-refractivity contribution is 7.89. The van der Waals surface area contributed by atoms with Gasteiger partial charge in [0, 0.05) is 31.6 Å². The van der Waals surface area contributed by atoms with Crippen molar-refractivity contribution in [1.82, 2.24) is 9.62 Å². The van der Waals surface area contributed by atoms with Crippen molar-refractivity contribution in [3.63, 3.8) is 0 Å². The molecule has 1 amide bonds. The first-order valence-corrected chi connectivity index (χ1v) is 9.30. The molecule has 0 aromatic heterocycles. The number of hydrogen-bond acceptors (Lipinski definition) is 3. The van der Waals surface area contributed by atoms with Crippen molar-refractivity contribution < 1.29 is 13.2 Å². The number of rotatable bonds is 7. The minimum absolute atomic E-state index is 0.126. The van der Waals surface area contributed by atoms with Gasteiger partial charge in [-0.2, -0.15) is 0 Å². The number of amides is 1. The summed E-state index contributed by atoms with van der Waals surface area (Å²) in [6, 6.07) is 15.4. The summed E-state index contributed by atoms with van der Waals surface area (Å²) in [5.41, 5.74) is 0.820. The fourth-order valence-corrected chi connectivity index (χ4v) is 3.42. The lowest BCUT2D eigenvalue weighted by atomic mass is 10.2. The topological polar surface area (TPSA) is 66.5 Å². The minimum Gasteiger partial charge on any atom is -0.337 e. The van der Waals surface area contributed by atoms with Crippen LogP contribution in [-0.2, 0) is 21.4 Å². The van der Waals surface area contributed by atoms with Crippen LogP contribution in [0.5, 0.6) is 0 Å². The fraction of sp³-hybridized carbons (Fsp3) is 0.235. The average Bonchev–Trinajstić information content (AvgIpc) is 2.56. The maximum absolute atomic E-state index is 12.2. The van der Waals surface area contributed by atoms with Crippen LogP contribution in [0, 0.1) is 0 Å². The molecule has 7 heteroatoms. The lowest BCUT2D eigenvalue weighted by molar-refractivity contribution is -0.129. The van der Waals surface area contributed by atoms with E-state index < -0.39 is 10.0 Å². The molecule has 0 atom stereocenters. The monoisotopic (exact) mass is 366 g/mol. The predicted molar refractivity (Wildman–Crippen MR) is 94.2 cm³/mol. The smallest absolute Gasteiger partial charge is 0.240 e. The molecule has 0 fully saturated rings. The number of carbonyl (C=O) groups excluding carboxylic acids is 1. The molecule has 0 bridgehead atoms. The molecule has 0 radical (unpaired) electrons. The van der Waals surface area contributed by atoms with E-state index in [4.69, 9.17) is 11.6 Å². The summed E-state index contributed by atoms with van der Waals surface area (Å²) < 4.78 is 26.8.